The highest BCUT2D eigenvalue weighted by atomic mass is 79.9. The molecule has 9 N–H and O–H groups in total. The van der Waals surface area contributed by atoms with Gasteiger partial charge in [-0.25, -0.2) is 4.79 Å². The van der Waals surface area contributed by atoms with E-state index in [1.807, 2.05) is 0 Å². The quantitative estimate of drug-likeness (QED) is 0.0255. The number of rotatable bonds is 36. The summed E-state index contributed by atoms with van der Waals surface area (Å²) in [6.45, 7) is 1.52. The van der Waals surface area contributed by atoms with Crippen molar-refractivity contribution in [1.82, 2.24) is 26.6 Å². The second kappa shape index (κ2) is 33.0. The zero-order valence-corrected chi connectivity index (χ0v) is 37.0. The molecule has 1 aliphatic carbocycles. The number of ether oxygens (including phenoxy) is 2. The van der Waals surface area contributed by atoms with Crippen molar-refractivity contribution >= 4 is 63.2 Å². The Bertz CT molecular complexity index is 1330. The van der Waals surface area contributed by atoms with Crippen LogP contribution in [-0.2, 0) is 47.8 Å². The molecule has 0 aliphatic heterocycles. The van der Waals surface area contributed by atoms with Gasteiger partial charge in [-0.3, -0.25) is 33.6 Å². The van der Waals surface area contributed by atoms with Crippen molar-refractivity contribution < 1.29 is 58.0 Å². The predicted molar refractivity (Wildman–Crippen MR) is 227 cm³/mol. The van der Waals surface area contributed by atoms with Crippen molar-refractivity contribution in [3.8, 4) is 0 Å². The molecule has 19 heteroatoms. The molecule has 5 amide bonds. The smallest absolute Gasteiger partial charge is 0.326 e. The van der Waals surface area contributed by atoms with Crippen LogP contribution in [0.15, 0.2) is 0 Å². The minimum atomic E-state index is -1.53. The lowest BCUT2D eigenvalue weighted by Gasteiger charge is -2.28. The summed E-state index contributed by atoms with van der Waals surface area (Å²) in [5, 5.41) is 31.4. The number of hydrogen-bond donors (Lipinski definition) is 8. The predicted octanol–water partition coefficient (Wildman–Crippen LogP) is 2.83. The summed E-state index contributed by atoms with van der Waals surface area (Å²) in [7, 11) is 0. The second-order valence-corrected chi connectivity index (χ2v) is 16.3. The van der Waals surface area contributed by atoms with E-state index in [4.69, 9.17) is 20.3 Å². The maximum absolute atomic E-state index is 12.9. The molecule has 0 aromatic carbocycles. The summed E-state index contributed by atoms with van der Waals surface area (Å²) < 4.78 is 10.4. The summed E-state index contributed by atoms with van der Waals surface area (Å²) >= 11 is 2.99. The molecule has 1 rings (SSSR count). The van der Waals surface area contributed by atoms with E-state index in [1.165, 1.54) is 45.4 Å². The average Bonchev–Trinajstić information content (AvgIpc) is 3.20. The number of hydrogen-bond acceptors (Lipinski definition) is 11. The van der Waals surface area contributed by atoms with Gasteiger partial charge in [-0.15, -0.1) is 0 Å². The maximum atomic E-state index is 12.9. The average molecular weight is 920 g/mol. The molecule has 0 heterocycles. The molecule has 0 bridgehead atoms. The number of carboxylic acids is 2. The highest BCUT2D eigenvalue weighted by Gasteiger charge is 2.30. The van der Waals surface area contributed by atoms with E-state index < -0.39 is 47.1 Å². The number of alkyl halides is 1. The highest BCUT2D eigenvalue weighted by molar-refractivity contribution is 9.09. The first-order valence-corrected chi connectivity index (χ1v) is 22.7. The van der Waals surface area contributed by atoms with Crippen LogP contribution in [0.5, 0.6) is 0 Å². The van der Waals surface area contributed by atoms with Crippen LogP contribution in [-0.4, -0.2) is 121 Å². The highest BCUT2D eigenvalue weighted by Crippen LogP contribution is 2.29. The first-order valence-electron chi connectivity index (χ1n) is 21.5. The fraction of sp³-hybridized carbons (Fsp3) is 0.805. The van der Waals surface area contributed by atoms with Gasteiger partial charge in [0.15, 0.2) is 5.78 Å². The molecular weight excluding hydrogens is 848 g/mol. The van der Waals surface area contributed by atoms with Gasteiger partial charge in [-0.05, 0) is 57.8 Å². The Morgan fingerprint density at radius 3 is 1.67 bits per heavy atom. The maximum Gasteiger partial charge on any atom is 0.326 e. The molecule has 0 radical (unpaired) electrons. The Kier molecular flexibility index (Phi) is 29.9. The third kappa shape index (κ3) is 28.0. The summed E-state index contributed by atoms with van der Waals surface area (Å²) in [6, 6.07) is -1.22. The minimum absolute atomic E-state index is 0.0163. The fourth-order valence-corrected chi connectivity index (χ4v) is 7.24. The SMILES string of the molecule is CC(N)(NC(=O)COCCNC(=O)COCCNC(=O)CC[C@H](NC(=O)C1CCC(CNC(=O)CCCCCCCCCCCCCCC(=O)O)CC1)C(=O)O)C(=O)CBr. The van der Waals surface area contributed by atoms with Crippen LogP contribution >= 0.6 is 15.9 Å². The van der Waals surface area contributed by atoms with E-state index in [2.05, 4.69) is 42.5 Å². The fourth-order valence-electron chi connectivity index (χ4n) is 6.66. The zero-order chi connectivity index (χ0) is 44.6. The molecule has 0 spiro atoms. The van der Waals surface area contributed by atoms with E-state index >= 15 is 0 Å². The van der Waals surface area contributed by atoms with Crippen molar-refractivity contribution in [2.24, 2.45) is 17.6 Å². The molecule has 1 unspecified atom stereocenters. The number of nitrogens with two attached hydrogens (primary N) is 1. The summed E-state index contributed by atoms with van der Waals surface area (Å²) in [5.74, 6) is -4.19. The van der Waals surface area contributed by atoms with Crippen LogP contribution in [0.3, 0.4) is 0 Å². The lowest BCUT2D eigenvalue weighted by molar-refractivity contribution is -0.143. The number of aliphatic carboxylic acids is 2. The Labute approximate surface area is 362 Å². The lowest BCUT2D eigenvalue weighted by atomic mass is 9.81. The van der Waals surface area contributed by atoms with Gasteiger partial charge in [-0.2, -0.15) is 0 Å². The van der Waals surface area contributed by atoms with Crippen LogP contribution in [0.4, 0.5) is 0 Å². The zero-order valence-electron chi connectivity index (χ0n) is 35.5. The van der Waals surface area contributed by atoms with E-state index in [1.54, 1.807) is 0 Å². The van der Waals surface area contributed by atoms with E-state index in [0.717, 1.165) is 51.4 Å². The van der Waals surface area contributed by atoms with Crippen LogP contribution in [0.1, 0.15) is 135 Å². The number of nitrogens with one attached hydrogen (secondary N) is 5. The number of carboxylic acid groups (broad SMARTS) is 2. The Hall–Kier alpha value is -3.68. The van der Waals surface area contributed by atoms with Gasteiger partial charge >= 0.3 is 11.9 Å². The molecular formula is C41H71BrN6O12. The van der Waals surface area contributed by atoms with Crippen molar-refractivity contribution in [1.29, 1.82) is 0 Å². The number of amides is 5. The molecule has 1 aliphatic rings. The van der Waals surface area contributed by atoms with Crippen LogP contribution in [0, 0.1) is 11.8 Å². The molecule has 1 saturated carbocycles. The minimum Gasteiger partial charge on any atom is -0.481 e. The summed E-state index contributed by atoms with van der Waals surface area (Å²) in [4.78, 5) is 95.4. The lowest BCUT2D eigenvalue weighted by Crippen LogP contribution is -2.60. The van der Waals surface area contributed by atoms with Gasteiger partial charge in [0.05, 0.1) is 18.5 Å². The third-order valence-electron chi connectivity index (χ3n) is 10.3. The first-order chi connectivity index (χ1) is 28.6. The van der Waals surface area contributed by atoms with E-state index in [0.29, 0.717) is 25.8 Å². The second-order valence-electron chi connectivity index (χ2n) is 15.7. The Morgan fingerprint density at radius 2 is 1.15 bits per heavy atom. The number of carbonyl (C=O) groups excluding carboxylic acids is 6. The van der Waals surface area contributed by atoms with Gasteiger partial charge in [0.2, 0.25) is 29.5 Å². The van der Waals surface area contributed by atoms with Crippen molar-refractivity contribution in [3.63, 3.8) is 0 Å². The standard InChI is InChI=1S/C41H71BrN6O12/c1-41(43,33(49)26-42)48-37(53)29-60-25-23-45-36(52)28-59-24-22-44-35(51)21-20-32(40(57)58)47-39(56)31-18-16-30(17-19-31)27-46-34(50)14-12-10-8-6-4-2-3-5-7-9-11-13-15-38(54)55/h30-32H,2-29,43H2,1H3,(H,44,51)(H,45,52)(H,46,50)(H,47,56)(H,48,53)(H,54,55)(H,57,58)/t30?,31?,32-,41?/m0/s1. The summed E-state index contributed by atoms with van der Waals surface area (Å²) in [5.41, 5.74) is 4.21. The van der Waals surface area contributed by atoms with Gasteiger partial charge in [0.1, 0.15) is 24.9 Å². The number of Topliss-reactive ketones (excluding diaryl/α,β-unsaturated/α-hetero) is 1. The largest absolute Gasteiger partial charge is 0.481 e. The van der Waals surface area contributed by atoms with Gasteiger partial charge in [0.25, 0.3) is 0 Å². The molecule has 0 saturated heterocycles. The van der Waals surface area contributed by atoms with E-state index in [9.17, 15) is 43.5 Å². The Balaban J connectivity index is 2.09. The van der Waals surface area contributed by atoms with Crippen molar-refractivity contribution in [2.45, 2.75) is 147 Å². The molecule has 0 aromatic heterocycles. The van der Waals surface area contributed by atoms with E-state index in [-0.39, 0.29) is 87.8 Å². The number of unbranched alkanes of at least 4 members (excludes halogenated alkanes) is 11. The third-order valence-corrected chi connectivity index (χ3v) is 10.8. The number of halogens is 1. The first kappa shape index (κ1) is 54.3. The van der Waals surface area contributed by atoms with Crippen molar-refractivity contribution in [2.75, 3.05) is 51.4 Å². The monoisotopic (exact) mass is 918 g/mol. The Morgan fingerprint density at radius 1 is 0.667 bits per heavy atom. The number of carbonyl (C=O) groups is 8. The van der Waals surface area contributed by atoms with Gasteiger partial charge < -0.3 is 52.0 Å². The topological polar surface area (TPSA) is 282 Å². The summed E-state index contributed by atoms with van der Waals surface area (Å²) in [6.07, 6.45) is 16.3. The molecule has 0 aromatic rings. The van der Waals surface area contributed by atoms with Crippen LogP contribution in [0.25, 0.3) is 0 Å². The van der Waals surface area contributed by atoms with Gasteiger partial charge in [0, 0.05) is 44.8 Å². The molecule has 60 heavy (non-hydrogen) atoms. The molecule has 344 valence electrons. The molecule has 18 nitrogen and oxygen atoms in total. The van der Waals surface area contributed by atoms with Crippen LogP contribution < -0.4 is 32.3 Å². The van der Waals surface area contributed by atoms with Crippen LogP contribution in [0.2, 0.25) is 0 Å². The van der Waals surface area contributed by atoms with Crippen molar-refractivity contribution in [3.05, 3.63) is 0 Å². The number of ketones is 1. The molecule has 1 fully saturated rings. The van der Waals surface area contributed by atoms with Gasteiger partial charge in [-0.1, -0.05) is 80.1 Å². The normalized spacial score (nSPS) is 16.4. The molecule has 2 atom stereocenters.